The maximum atomic E-state index is 13.3. The predicted octanol–water partition coefficient (Wildman–Crippen LogP) is 1.81. The standard InChI is InChI=1S/C15H17FN2O3/c1-9(2)15(10(3)19)18-14(20)8-21-12-5-4-11(7-17)13(16)6-12/h4-6,9,15H,8H2,1-3H3,(H,18,20). The molecule has 0 radical (unpaired) electrons. The van der Waals surface area contributed by atoms with Gasteiger partial charge in [0.25, 0.3) is 5.91 Å². The number of rotatable bonds is 6. The van der Waals surface area contributed by atoms with Crippen molar-refractivity contribution in [2.75, 3.05) is 6.61 Å². The highest BCUT2D eigenvalue weighted by Gasteiger charge is 2.20. The van der Waals surface area contributed by atoms with Crippen LogP contribution in [0.5, 0.6) is 5.75 Å². The zero-order valence-corrected chi connectivity index (χ0v) is 12.1. The van der Waals surface area contributed by atoms with Crippen LogP contribution in [0.15, 0.2) is 18.2 Å². The predicted molar refractivity (Wildman–Crippen MR) is 74.1 cm³/mol. The first kappa shape index (κ1) is 16.6. The Kier molecular flexibility index (Phi) is 5.85. The molecule has 0 spiro atoms. The van der Waals surface area contributed by atoms with Crippen molar-refractivity contribution in [3.63, 3.8) is 0 Å². The van der Waals surface area contributed by atoms with E-state index in [-0.39, 0.29) is 29.6 Å². The summed E-state index contributed by atoms with van der Waals surface area (Å²) in [5.74, 6) is -1.19. The van der Waals surface area contributed by atoms with E-state index in [2.05, 4.69) is 5.32 Å². The van der Waals surface area contributed by atoms with Crippen LogP contribution in [-0.4, -0.2) is 24.3 Å². The fourth-order valence-electron chi connectivity index (χ4n) is 1.78. The van der Waals surface area contributed by atoms with Crippen molar-refractivity contribution < 1.29 is 18.7 Å². The Morgan fingerprint density at radius 2 is 2.10 bits per heavy atom. The van der Waals surface area contributed by atoms with Crippen LogP contribution in [0.2, 0.25) is 0 Å². The van der Waals surface area contributed by atoms with E-state index < -0.39 is 17.8 Å². The number of benzene rings is 1. The molecule has 0 saturated carbocycles. The first-order chi connectivity index (χ1) is 9.85. The molecule has 1 unspecified atom stereocenters. The summed E-state index contributed by atoms with van der Waals surface area (Å²) in [4.78, 5) is 23.1. The number of nitrogens with one attached hydrogen (secondary N) is 1. The first-order valence-electron chi connectivity index (χ1n) is 6.47. The number of nitrogens with zero attached hydrogens (tertiary/aromatic N) is 1. The molecule has 0 heterocycles. The van der Waals surface area contributed by atoms with Crippen molar-refractivity contribution >= 4 is 11.7 Å². The van der Waals surface area contributed by atoms with E-state index in [4.69, 9.17) is 10.00 Å². The van der Waals surface area contributed by atoms with Crippen LogP contribution in [0.4, 0.5) is 4.39 Å². The molecule has 1 aromatic rings. The molecule has 1 N–H and O–H groups in total. The maximum Gasteiger partial charge on any atom is 0.258 e. The van der Waals surface area contributed by atoms with Gasteiger partial charge in [0, 0.05) is 6.07 Å². The summed E-state index contributed by atoms with van der Waals surface area (Å²) >= 11 is 0. The van der Waals surface area contributed by atoms with Crippen LogP contribution in [0.1, 0.15) is 26.3 Å². The van der Waals surface area contributed by atoms with Crippen molar-refractivity contribution in [2.24, 2.45) is 5.92 Å². The molecule has 21 heavy (non-hydrogen) atoms. The molecule has 0 bridgehead atoms. The number of halogens is 1. The molecule has 5 nitrogen and oxygen atoms in total. The second kappa shape index (κ2) is 7.39. The molecule has 1 amide bonds. The zero-order chi connectivity index (χ0) is 16.0. The topological polar surface area (TPSA) is 79.2 Å². The van der Waals surface area contributed by atoms with E-state index in [1.807, 2.05) is 13.8 Å². The van der Waals surface area contributed by atoms with Crippen molar-refractivity contribution in [1.29, 1.82) is 5.26 Å². The summed E-state index contributed by atoms with van der Waals surface area (Å²) in [7, 11) is 0. The van der Waals surface area contributed by atoms with Gasteiger partial charge in [-0.1, -0.05) is 13.8 Å². The van der Waals surface area contributed by atoms with Crippen LogP contribution >= 0.6 is 0 Å². The highest BCUT2D eigenvalue weighted by molar-refractivity contribution is 5.88. The van der Waals surface area contributed by atoms with Crippen LogP contribution in [0, 0.1) is 23.1 Å². The summed E-state index contributed by atoms with van der Waals surface area (Å²) < 4.78 is 18.5. The molecule has 0 aliphatic carbocycles. The van der Waals surface area contributed by atoms with E-state index in [1.165, 1.54) is 19.1 Å². The molecule has 1 rings (SSSR count). The number of ketones is 1. The Hall–Kier alpha value is -2.42. The van der Waals surface area contributed by atoms with Gasteiger partial charge in [0.15, 0.2) is 12.4 Å². The lowest BCUT2D eigenvalue weighted by Gasteiger charge is -2.19. The van der Waals surface area contributed by atoms with E-state index in [9.17, 15) is 14.0 Å². The molecule has 0 aliphatic rings. The van der Waals surface area contributed by atoms with Crippen molar-refractivity contribution in [3.05, 3.63) is 29.6 Å². The van der Waals surface area contributed by atoms with Crippen LogP contribution in [-0.2, 0) is 9.59 Å². The monoisotopic (exact) mass is 292 g/mol. The Morgan fingerprint density at radius 3 is 2.57 bits per heavy atom. The minimum Gasteiger partial charge on any atom is -0.484 e. The van der Waals surface area contributed by atoms with E-state index in [1.54, 1.807) is 6.07 Å². The van der Waals surface area contributed by atoms with Gasteiger partial charge in [-0.15, -0.1) is 0 Å². The Balaban J connectivity index is 2.59. The van der Waals surface area contributed by atoms with Crippen LogP contribution in [0.3, 0.4) is 0 Å². The summed E-state index contributed by atoms with van der Waals surface area (Å²) in [5, 5.41) is 11.2. The SMILES string of the molecule is CC(=O)C(NC(=O)COc1ccc(C#N)c(F)c1)C(C)C. The number of nitriles is 1. The van der Waals surface area contributed by atoms with Crippen molar-refractivity contribution in [3.8, 4) is 11.8 Å². The minimum atomic E-state index is -0.709. The molecule has 1 atom stereocenters. The number of hydrogen-bond donors (Lipinski definition) is 1. The van der Waals surface area contributed by atoms with E-state index >= 15 is 0 Å². The summed E-state index contributed by atoms with van der Waals surface area (Å²) in [6, 6.07) is 4.83. The second-order valence-corrected chi connectivity index (χ2v) is 4.94. The summed E-state index contributed by atoms with van der Waals surface area (Å²) in [5.41, 5.74) is -0.0942. The third-order valence-electron chi connectivity index (χ3n) is 2.85. The Labute approximate surface area is 122 Å². The Bertz CT molecular complexity index is 579. The first-order valence-corrected chi connectivity index (χ1v) is 6.47. The van der Waals surface area contributed by atoms with E-state index in [0.717, 1.165) is 6.07 Å². The molecule has 112 valence electrons. The fraction of sp³-hybridized carbons (Fsp3) is 0.400. The van der Waals surface area contributed by atoms with Crippen molar-refractivity contribution in [2.45, 2.75) is 26.8 Å². The van der Waals surface area contributed by atoms with Gasteiger partial charge in [-0.05, 0) is 25.0 Å². The lowest BCUT2D eigenvalue weighted by atomic mass is 10.0. The average molecular weight is 292 g/mol. The van der Waals surface area contributed by atoms with E-state index in [0.29, 0.717) is 0 Å². The smallest absolute Gasteiger partial charge is 0.258 e. The second-order valence-electron chi connectivity index (χ2n) is 4.94. The molecule has 0 aromatic heterocycles. The highest BCUT2D eigenvalue weighted by atomic mass is 19.1. The fourth-order valence-corrected chi connectivity index (χ4v) is 1.78. The number of ether oxygens (including phenoxy) is 1. The number of carbonyl (C=O) groups is 2. The summed E-state index contributed by atoms with van der Waals surface area (Å²) in [6.45, 7) is 4.72. The Morgan fingerprint density at radius 1 is 1.43 bits per heavy atom. The minimum absolute atomic E-state index is 0.0289. The van der Waals surface area contributed by atoms with Gasteiger partial charge in [0.05, 0.1) is 11.6 Å². The zero-order valence-electron chi connectivity index (χ0n) is 12.1. The largest absolute Gasteiger partial charge is 0.484 e. The number of carbonyl (C=O) groups excluding carboxylic acids is 2. The van der Waals surface area contributed by atoms with Crippen LogP contribution < -0.4 is 10.1 Å². The molecule has 1 aromatic carbocycles. The lowest BCUT2D eigenvalue weighted by Crippen LogP contribution is -2.45. The van der Waals surface area contributed by atoms with Gasteiger partial charge in [0.2, 0.25) is 0 Å². The molecule has 0 fully saturated rings. The van der Waals surface area contributed by atoms with Gasteiger partial charge in [0.1, 0.15) is 17.6 Å². The normalized spacial score (nSPS) is 11.6. The molecular weight excluding hydrogens is 275 g/mol. The summed E-state index contributed by atoms with van der Waals surface area (Å²) in [6.07, 6.45) is 0. The maximum absolute atomic E-state index is 13.3. The van der Waals surface area contributed by atoms with Gasteiger partial charge in [-0.2, -0.15) is 5.26 Å². The number of Topliss-reactive ketones (excluding diaryl/α,β-unsaturated/α-hetero) is 1. The quantitative estimate of drug-likeness (QED) is 0.867. The third-order valence-corrected chi connectivity index (χ3v) is 2.85. The number of hydrogen-bond acceptors (Lipinski definition) is 4. The van der Waals surface area contributed by atoms with Gasteiger partial charge in [-0.3, -0.25) is 9.59 Å². The molecule has 6 heteroatoms. The lowest BCUT2D eigenvalue weighted by molar-refractivity contribution is -0.129. The number of amides is 1. The van der Waals surface area contributed by atoms with Crippen LogP contribution in [0.25, 0.3) is 0 Å². The highest BCUT2D eigenvalue weighted by Crippen LogP contribution is 2.15. The van der Waals surface area contributed by atoms with Crippen molar-refractivity contribution in [1.82, 2.24) is 5.32 Å². The third kappa shape index (κ3) is 4.88. The molecular formula is C15H17FN2O3. The molecule has 0 aliphatic heterocycles. The van der Waals surface area contributed by atoms with Gasteiger partial charge in [-0.25, -0.2) is 4.39 Å². The molecule has 0 saturated heterocycles. The van der Waals surface area contributed by atoms with Gasteiger partial charge >= 0.3 is 0 Å². The van der Waals surface area contributed by atoms with Gasteiger partial charge < -0.3 is 10.1 Å². The average Bonchev–Trinajstić information content (AvgIpc) is 2.42.